The molecule has 0 bridgehead atoms. The normalized spacial score (nSPS) is 12.3. The van der Waals surface area contributed by atoms with Gasteiger partial charge in [-0.05, 0) is 23.8 Å². The second-order valence-electron chi connectivity index (χ2n) is 4.49. The molecule has 2 rings (SSSR count). The number of nitrogens with zero attached hydrogens (tertiary/aromatic N) is 1. The zero-order valence-electron chi connectivity index (χ0n) is 11.0. The molecule has 0 aliphatic heterocycles. The van der Waals surface area contributed by atoms with Crippen molar-refractivity contribution in [3.05, 3.63) is 53.3 Å². The van der Waals surface area contributed by atoms with Crippen molar-refractivity contribution in [2.75, 3.05) is 0 Å². The third-order valence-electron chi connectivity index (χ3n) is 2.94. The SMILES string of the molecule is O=C(O)c1cc(C(F)(F)F)ccc1-c1ccc(C(F)(F)F)nc1. The van der Waals surface area contributed by atoms with E-state index < -0.39 is 35.1 Å². The molecule has 0 radical (unpaired) electrons. The average molecular weight is 335 g/mol. The summed E-state index contributed by atoms with van der Waals surface area (Å²) in [5, 5.41) is 9.03. The standard InChI is InChI=1S/C14H7F6NO2/c15-13(16,17)8-2-3-9(10(5-8)12(22)23)7-1-4-11(21-6-7)14(18,19)20/h1-6H,(H,22,23). The van der Waals surface area contributed by atoms with Crippen LogP contribution in [0.5, 0.6) is 0 Å². The molecule has 1 N–H and O–H groups in total. The Morgan fingerprint density at radius 3 is 2.04 bits per heavy atom. The third kappa shape index (κ3) is 3.61. The molecule has 0 saturated heterocycles. The molecule has 0 saturated carbocycles. The lowest BCUT2D eigenvalue weighted by atomic mass is 9.98. The number of aromatic nitrogens is 1. The predicted octanol–water partition coefficient (Wildman–Crippen LogP) is 4.48. The Labute approximate surface area is 125 Å². The van der Waals surface area contributed by atoms with E-state index >= 15 is 0 Å². The van der Waals surface area contributed by atoms with Crippen molar-refractivity contribution in [2.24, 2.45) is 0 Å². The molecule has 23 heavy (non-hydrogen) atoms. The molecule has 0 atom stereocenters. The van der Waals surface area contributed by atoms with Crippen LogP contribution in [0.1, 0.15) is 21.6 Å². The van der Waals surface area contributed by atoms with Crippen molar-refractivity contribution in [2.45, 2.75) is 12.4 Å². The molecule has 0 unspecified atom stereocenters. The maximum absolute atomic E-state index is 12.6. The van der Waals surface area contributed by atoms with E-state index in [0.29, 0.717) is 18.2 Å². The minimum Gasteiger partial charge on any atom is -0.478 e. The smallest absolute Gasteiger partial charge is 0.433 e. The van der Waals surface area contributed by atoms with E-state index in [4.69, 9.17) is 5.11 Å². The number of hydrogen-bond acceptors (Lipinski definition) is 2. The van der Waals surface area contributed by atoms with Crippen LogP contribution in [0.15, 0.2) is 36.5 Å². The lowest BCUT2D eigenvalue weighted by Gasteiger charge is -2.12. The molecule has 0 fully saturated rings. The second-order valence-corrected chi connectivity index (χ2v) is 4.49. The summed E-state index contributed by atoms with van der Waals surface area (Å²) in [5.41, 5.74) is -3.24. The quantitative estimate of drug-likeness (QED) is 0.823. The topological polar surface area (TPSA) is 50.2 Å². The van der Waals surface area contributed by atoms with Crippen LogP contribution in [0.4, 0.5) is 26.3 Å². The van der Waals surface area contributed by atoms with Crippen LogP contribution in [0, 0.1) is 0 Å². The lowest BCUT2D eigenvalue weighted by molar-refractivity contribution is -0.141. The molecule has 0 spiro atoms. The predicted molar refractivity (Wildman–Crippen MR) is 66.6 cm³/mol. The summed E-state index contributed by atoms with van der Waals surface area (Å²) in [6.07, 6.45) is -8.65. The van der Waals surface area contributed by atoms with Gasteiger partial charge in [-0.15, -0.1) is 0 Å². The largest absolute Gasteiger partial charge is 0.478 e. The fourth-order valence-corrected chi connectivity index (χ4v) is 1.87. The Hall–Kier alpha value is -2.58. The zero-order chi connectivity index (χ0) is 17.4. The van der Waals surface area contributed by atoms with Gasteiger partial charge in [0.15, 0.2) is 0 Å². The van der Waals surface area contributed by atoms with Crippen molar-refractivity contribution >= 4 is 5.97 Å². The van der Waals surface area contributed by atoms with Gasteiger partial charge in [-0.25, -0.2) is 4.79 Å². The van der Waals surface area contributed by atoms with Crippen LogP contribution < -0.4 is 0 Å². The molecule has 1 aromatic heterocycles. The first kappa shape index (κ1) is 16.8. The van der Waals surface area contributed by atoms with E-state index in [9.17, 15) is 31.1 Å². The van der Waals surface area contributed by atoms with Gasteiger partial charge in [0, 0.05) is 11.8 Å². The van der Waals surface area contributed by atoms with E-state index in [1.165, 1.54) is 0 Å². The van der Waals surface area contributed by atoms with Crippen LogP contribution >= 0.6 is 0 Å². The summed E-state index contributed by atoms with van der Waals surface area (Å²) < 4.78 is 75.2. The highest BCUT2D eigenvalue weighted by molar-refractivity contribution is 5.96. The van der Waals surface area contributed by atoms with Crippen LogP contribution in [-0.4, -0.2) is 16.1 Å². The molecule has 3 nitrogen and oxygen atoms in total. The van der Waals surface area contributed by atoms with Crippen molar-refractivity contribution < 1.29 is 36.2 Å². The summed E-state index contributed by atoms with van der Waals surface area (Å²) in [7, 11) is 0. The van der Waals surface area contributed by atoms with Gasteiger partial charge in [-0.3, -0.25) is 4.98 Å². The molecular weight excluding hydrogens is 328 g/mol. The number of alkyl halides is 6. The first-order chi connectivity index (χ1) is 10.5. The molecule has 2 aromatic rings. The fourth-order valence-electron chi connectivity index (χ4n) is 1.87. The number of pyridine rings is 1. The molecule has 122 valence electrons. The van der Waals surface area contributed by atoms with Crippen molar-refractivity contribution in [3.63, 3.8) is 0 Å². The number of rotatable bonds is 2. The highest BCUT2D eigenvalue weighted by Gasteiger charge is 2.33. The second kappa shape index (κ2) is 5.56. The molecule has 1 aromatic carbocycles. The molecule has 9 heteroatoms. The van der Waals surface area contributed by atoms with Gasteiger partial charge in [0.1, 0.15) is 5.69 Å². The highest BCUT2D eigenvalue weighted by Crippen LogP contribution is 2.34. The van der Waals surface area contributed by atoms with Gasteiger partial charge in [-0.1, -0.05) is 12.1 Å². The third-order valence-corrected chi connectivity index (χ3v) is 2.94. The molecular formula is C14H7F6NO2. The fraction of sp³-hybridized carbons (Fsp3) is 0.143. The Balaban J connectivity index is 2.53. The minimum absolute atomic E-state index is 0.0378. The summed E-state index contributed by atoms with van der Waals surface area (Å²) in [6, 6.07) is 3.54. The number of carbonyl (C=O) groups is 1. The number of carboxylic acids is 1. The summed E-state index contributed by atoms with van der Waals surface area (Å²) in [6.45, 7) is 0. The molecule has 0 amide bonds. The average Bonchev–Trinajstić information content (AvgIpc) is 2.45. The van der Waals surface area contributed by atoms with E-state index in [2.05, 4.69) is 4.98 Å². The number of halogens is 6. The number of aromatic carboxylic acids is 1. The molecule has 1 heterocycles. The molecule has 0 aliphatic rings. The maximum atomic E-state index is 12.6. The lowest BCUT2D eigenvalue weighted by Crippen LogP contribution is -2.09. The van der Waals surface area contributed by atoms with E-state index in [0.717, 1.165) is 18.3 Å². The molecule has 0 aliphatic carbocycles. The van der Waals surface area contributed by atoms with Crippen LogP contribution in [0.2, 0.25) is 0 Å². The van der Waals surface area contributed by atoms with Crippen molar-refractivity contribution in [1.82, 2.24) is 4.98 Å². The van der Waals surface area contributed by atoms with E-state index in [-0.39, 0.29) is 11.1 Å². The van der Waals surface area contributed by atoms with E-state index in [1.54, 1.807) is 0 Å². The van der Waals surface area contributed by atoms with E-state index in [1.807, 2.05) is 0 Å². The Morgan fingerprint density at radius 2 is 1.61 bits per heavy atom. The van der Waals surface area contributed by atoms with Gasteiger partial charge in [0.25, 0.3) is 0 Å². The maximum Gasteiger partial charge on any atom is 0.433 e. The van der Waals surface area contributed by atoms with Gasteiger partial charge < -0.3 is 5.11 Å². The zero-order valence-corrected chi connectivity index (χ0v) is 11.0. The number of benzene rings is 1. The van der Waals surface area contributed by atoms with Crippen LogP contribution in [0.3, 0.4) is 0 Å². The number of carboxylic acid groups (broad SMARTS) is 1. The summed E-state index contributed by atoms with van der Waals surface area (Å²) in [5.74, 6) is -1.63. The Morgan fingerprint density at radius 1 is 0.957 bits per heavy atom. The van der Waals surface area contributed by atoms with Crippen molar-refractivity contribution in [1.29, 1.82) is 0 Å². The minimum atomic E-state index is -4.73. The van der Waals surface area contributed by atoms with Gasteiger partial charge >= 0.3 is 18.3 Å². The van der Waals surface area contributed by atoms with Gasteiger partial charge in [-0.2, -0.15) is 26.3 Å². The Bertz CT molecular complexity index is 734. The van der Waals surface area contributed by atoms with Crippen molar-refractivity contribution in [3.8, 4) is 11.1 Å². The summed E-state index contributed by atoms with van der Waals surface area (Å²) in [4.78, 5) is 14.3. The Kier molecular flexibility index (Phi) is 4.06. The first-order valence-electron chi connectivity index (χ1n) is 5.98. The van der Waals surface area contributed by atoms with Crippen LogP contribution in [0.25, 0.3) is 11.1 Å². The monoisotopic (exact) mass is 335 g/mol. The van der Waals surface area contributed by atoms with Crippen LogP contribution in [-0.2, 0) is 12.4 Å². The van der Waals surface area contributed by atoms with Gasteiger partial charge in [0.05, 0.1) is 11.1 Å². The first-order valence-corrected chi connectivity index (χ1v) is 5.98. The summed E-state index contributed by atoms with van der Waals surface area (Å²) >= 11 is 0. The number of hydrogen-bond donors (Lipinski definition) is 1. The highest BCUT2D eigenvalue weighted by atomic mass is 19.4. The van der Waals surface area contributed by atoms with Gasteiger partial charge in [0.2, 0.25) is 0 Å².